The van der Waals surface area contributed by atoms with Crippen molar-refractivity contribution in [2.75, 3.05) is 10.0 Å². The Labute approximate surface area is 139 Å². The van der Waals surface area contributed by atoms with E-state index >= 15 is 0 Å². The molecule has 0 atom stereocenters. The van der Waals surface area contributed by atoms with Gasteiger partial charge in [-0.2, -0.15) is 0 Å². The van der Waals surface area contributed by atoms with Gasteiger partial charge in [0.15, 0.2) is 0 Å². The number of aromatic nitrogens is 1. The van der Waals surface area contributed by atoms with Crippen LogP contribution in [0.1, 0.15) is 6.92 Å². The Morgan fingerprint density at radius 3 is 2.46 bits per heavy atom. The standard InChI is InChI=1S/C17H15N3O3S/c1-12(21)19-15-8-4-5-9-17(15)24(22,23)20-16-11-18-10-13-6-2-3-7-14(13)16/h2-11,20H,1H3,(H,19,21). The van der Waals surface area contributed by atoms with Crippen LogP contribution in [0.25, 0.3) is 10.8 Å². The van der Waals surface area contributed by atoms with Gasteiger partial charge in [0.25, 0.3) is 10.0 Å². The van der Waals surface area contributed by atoms with Gasteiger partial charge in [-0.1, -0.05) is 36.4 Å². The maximum absolute atomic E-state index is 12.8. The molecular formula is C17H15N3O3S. The monoisotopic (exact) mass is 341 g/mol. The molecule has 0 aliphatic rings. The van der Waals surface area contributed by atoms with E-state index < -0.39 is 10.0 Å². The molecule has 6 nitrogen and oxygen atoms in total. The van der Waals surface area contributed by atoms with Crippen LogP contribution in [0.3, 0.4) is 0 Å². The second-order valence-corrected chi connectivity index (χ2v) is 6.84. The number of pyridine rings is 1. The molecule has 3 aromatic rings. The Kier molecular flexibility index (Phi) is 4.18. The summed E-state index contributed by atoms with van der Waals surface area (Å²) in [6, 6.07) is 13.6. The second-order valence-electron chi connectivity index (χ2n) is 5.19. The number of amides is 1. The van der Waals surface area contributed by atoms with E-state index in [1.165, 1.54) is 25.3 Å². The zero-order valence-corrected chi connectivity index (χ0v) is 13.7. The lowest BCUT2D eigenvalue weighted by atomic mass is 10.1. The lowest BCUT2D eigenvalue weighted by Gasteiger charge is -2.13. The molecule has 2 aromatic carbocycles. The van der Waals surface area contributed by atoms with Crippen LogP contribution in [-0.2, 0) is 14.8 Å². The van der Waals surface area contributed by atoms with Crippen molar-refractivity contribution in [2.45, 2.75) is 11.8 Å². The highest BCUT2D eigenvalue weighted by molar-refractivity contribution is 7.93. The topological polar surface area (TPSA) is 88.2 Å². The minimum atomic E-state index is -3.89. The first kappa shape index (κ1) is 15.9. The normalized spacial score (nSPS) is 11.2. The molecule has 2 N–H and O–H groups in total. The molecule has 1 heterocycles. The van der Waals surface area contributed by atoms with Crippen LogP contribution in [0, 0.1) is 0 Å². The third kappa shape index (κ3) is 3.21. The van der Waals surface area contributed by atoms with E-state index in [9.17, 15) is 13.2 Å². The number of carbonyl (C=O) groups is 1. The number of fused-ring (bicyclic) bond motifs is 1. The van der Waals surface area contributed by atoms with Crippen molar-refractivity contribution in [2.24, 2.45) is 0 Å². The first-order valence-electron chi connectivity index (χ1n) is 7.19. The minimum Gasteiger partial charge on any atom is -0.325 e. The summed E-state index contributed by atoms with van der Waals surface area (Å²) in [5.41, 5.74) is 0.608. The zero-order chi connectivity index (χ0) is 17.2. The van der Waals surface area contributed by atoms with Crippen LogP contribution in [0.2, 0.25) is 0 Å². The van der Waals surface area contributed by atoms with Crippen molar-refractivity contribution >= 4 is 38.1 Å². The first-order valence-corrected chi connectivity index (χ1v) is 8.68. The molecule has 0 bridgehead atoms. The number of benzene rings is 2. The molecule has 24 heavy (non-hydrogen) atoms. The van der Waals surface area contributed by atoms with Gasteiger partial charge in [0.2, 0.25) is 5.91 Å². The van der Waals surface area contributed by atoms with Crippen LogP contribution in [-0.4, -0.2) is 19.3 Å². The molecule has 3 rings (SSSR count). The van der Waals surface area contributed by atoms with Crippen LogP contribution in [0.4, 0.5) is 11.4 Å². The second kappa shape index (κ2) is 6.29. The molecule has 0 fully saturated rings. The summed E-state index contributed by atoms with van der Waals surface area (Å²) in [5.74, 6) is -0.343. The average Bonchev–Trinajstić information content (AvgIpc) is 2.55. The van der Waals surface area contributed by atoms with Gasteiger partial charge in [0, 0.05) is 23.9 Å². The number of carbonyl (C=O) groups excluding carboxylic acids is 1. The number of nitrogens with one attached hydrogen (secondary N) is 2. The molecule has 7 heteroatoms. The maximum atomic E-state index is 12.8. The van der Waals surface area contributed by atoms with Crippen molar-refractivity contribution in [3.05, 3.63) is 60.9 Å². The van der Waals surface area contributed by atoms with E-state index in [0.717, 1.165) is 10.8 Å². The number of para-hydroxylation sites is 1. The van der Waals surface area contributed by atoms with Gasteiger partial charge in [-0.05, 0) is 12.1 Å². The molecule has 0 saturated carbocycles. The predicted molar refractivity (Wildman–Crippen MR) is 93.3 cm³/mol. The summed E-state index contributed by atoms with van der Waals surface area (Å²) in [5, 5.41) is 4.10. The molecule has 0 aliphatic carbocycles. The Hall–Kier alpha value is -2.93. The predicted octanol–water partition coefficient (Wildman–Crippen LogP) is 2.99. The van der Waals surface area contributed by atoms with E-state index in [0.29, 0.717) is 5.69 Å². The van der Waals surface area contributed by atoms with Gasteiger partial charge >= 0.3 is 0 Å². The third-order valence-electron chi connectivity index (χ3n) is 3.40. The van der Waals surface area contributed by atoms with Gasteiger partial charge in [-0.15, -0.1) is 0 Å². The zero-order valence-electron chi connectivity index (χ0n) is 12.9. The molecule has 0 saturated heterocycles. The number of anilines is 2. The number of hydrogen-bond donors (Lipinski definition) is 2. The summed E-state index contributed by atoms with van der Waals surface area (Å²) in [6.45, 7) is 1.32. The Morgan fingerprint density at radius 2 is 1.67 bits per heavy atom. The summed E-state index contributed by atoms with van der Waals surface area (Å²) < 4.78 is 28.1. The van der Waals surface area contributed by atoms with Gasteiger partial charge in [-0.25, -0.2) is 8.42 Å². The highest BCUT2D eigenvalue weighted by atomic mass is 32.2. The van der Waals surface area contributed by atoms with E-state index in [1.807, 2.05) is 24.3 Å². The summed E-state index contributed by atoms with van der Waals surface area (Å²) in [6.07, 6.45) is 3.12. The molecule has 122 valence electrons. The number of sulfonamides is 1. The molecule has 0 unspecified atom stereocenters. The Morgan fingerprint density at radius 1 is 0.958 bits per heavy atom. The van der Waals surface area contributed by atoms with E-state index in [2.05, 4.69) is 15.0 Å². The first-order chi connectivity index (χ1) is 11.5. The van der Waals surface area contributed by atoms with E-state index in [-0.39, 0.29) is 16.5 Å². The van der Waals surface area contributed by atoms with Crippen molar-refractivity contribution < 1.29 is 13.2 Å². The van der Waals surface area contributed by atoms with Crippen LogP contribution < -0.4 is 10.0 Å². The highest BCUT2D eigenvalue weighted by Gasteiger charge is 2.20. The molecule has 0 aliphatic heterocycles. The van der Waals surface area contributed by atoms with Gasteiger partial charge < -0.3 is 5.32 Å². The minimum absolute atomic E-state index is 0.00636. The largest absolute Gasteiger partial charge is 0.325 e. The quantitative estimate of drug-likeness (QED) is 0.763. The number of hydrogen-bond acceptors (Lipinski definition) is 4. The van der Waals surface area contributed by atoms with Crippen LogP contribution in [0.5, 0.6) is 0 Å². The smallest absolute Gasteiger partial charge is 0.264 e. The van der Waals surface area contributed by atoms with Crippen molar-refractivity contribution in [3.8, 4) is 0 Å². The Balaban J connectivity index is 2.05. The SMILES string of the molecule is CC(=O)Nc1ccccc1S(=O)(=O)Nc1cncc2ccccc12. The van der Waals surface area contributed by atoms with Crippen molar-refractivity contribution in [1.82, 2.24) is 4.98 Å². The molecular weight excluding hydrogens is 326 g/mol. The number of nitrogens with zero attached hydrogens (tertiary/aromatic N) is 1. The van der Waals surface area contributed by atoms with E-state index in [1.54, 1.807) is 18.3 Å². The van der Waals surface area contributed by atoms with Crippen molar-refractivity contribution in [1.29, 1.82) is 0 Å². The third-order valence-corrected chi connectivity index (χ3v) is 4.82. The molecule has 0 radical (unpaired) electrons. The molecule has 0 spiro atoms. The average molecular weight is 341 g/mol. The summed E-state index contributed by atoms with van der Waals surface area (Å²) >= 11 is 0. The fraction of sp³-hybridized carbons (Fsp3) is 0.0588. The fourth-order valence-electron chi connectivity index (χ4n) is 2.39. The van der Waals surface area contributed by atoms with Crippen LogP contribution >= 0.6 is 0 Å². The summed E-state index contributed by atoms with van der Waals surface area (Å²) in [7, 11) is -3.89. The highest BCUT2D eigenvalue weighted by Crippen LogP contribution is 2.27. The van der Waals surface area contributed by atoms with Crippen molar-refractivity contribution in [3.63, 3.8) is 0 Å². The Bertz CT molecular complexity index is 1010. The van der Waals surface area contributed by atoms with Gasteiger partial charge in [0.05, 0.1) is 17.6 Å². The van der Waals surface area contributed by atoms with E-state index in [4.69, 9.17) is 0 Å². The number of rotatable bonds is 4. The van der Waals surface area contributed by atoms with Gasteiger partial charge in [0.1, 0.15) is 4.90 Å². The maximum Gasteiger partial charge on any atom is 0.264 e. The summed E-state index contributed by atoms with van der Waals surface area (Å²) in [4.78, 5) is 15.3. The lowest BCUT2D eigenvalue weighted by molar-refractivity contribution is -0.114. The molecule has 1 aromatic heterocycles. The lowest BCUT2D eigenvalue weighted by Crippen LogP contribution is -2.17. The fourth-order valence-corrected chi connectivity index (χ4v) is 3.62. The van der Waals surface area contributed by atoms with Crippen LogP contribution in [0.15, 0.2) is 65.8 Å². The van der Waals surface area contributed by atoms with Gasteiger partial charge in [-0.3, -0.25) is 14.5 Å². The molecule has 1 amide bonds.